The zero-order chi connectivity index (χ0) is 7.15. The largest absolute Gasteiger partial charge is 1.00 e. The minimum Gasteiger partial charge on any atom is -0.871 e. The summed E-state index contributed by atoms with van der Waals surface area (Å²) in [5, 5.41) is 37.9. The first kappa shape index (κ1) is 36.0. The van der Waals surface area contributed by atoms with Crippen LogP contribution in [0.15, 0.2) is 0 Å². The number of carbonyl (C=O) groups is 1. The quantitative estimate of drug-likeness (QED) is 0.363. The summed E-state index contributed by atoms with van der Waals surface area (Å²) in [7, 11) is -2.67. The standard InChI is InChI=1S/CH2O3.BHO3.3K.H2O/c2*2-1(3)4;;;;/h(H2,2,3,4);2H;;;;1H2/q;-2;3*+1;/p-1. The van der Waals surface area contributed by atoms with E-state index in [1.54, 1.807) is 0 Å². The fraction of sp³-hybridized carbons (Fsp3) is 0. The molecule has 4 N–H and O–H groups in total. The molecule has 0 saturated heterocycles. The molecule has 0 aromatic rings. The topological polar surface area (TPSA) is 154 Å². The molecule has 0 atom stereocenters. The molecule has 0 fully saturated rings. The first-order valence-electron chi connectivity index (χ1n) is 1.38. The summed E-state index contributed by atoms with van der Waals surface area (Å²) in [5.74, 6) is 0. The molecule has 0 heterocycles. The Morgan fingerprint density at radius 3 is 1.08 bits per heavy atom. The van der Waals surface area contributed by atoms with Crippen molar-refractivity contribution in [2.24, 2.45) is 0 Å². The van der Waals surface area contributed by atoms with E-state index in [0.717, 1.165) is 0 Å². The Kier molecular flexibility index (Phi) is 88.2. The summed E-state index contributed by atoms with van der Waals surface area (Å²) in [4.78, 5) is 8.56. The molecule has 0 aromatic carbocycles. The minimum absolute atomic E-state index is 0. The molecule has 0 aromatic heterocycles. The number of carboxylic acid groups (broad SMARTS) is 2. The van der Waals surface area contributed by atoms with Crippen molar-refractivity contribution in [2.75, 3.05) is 0 Å². The van der Waals surface area contributed by atoms with Gasteiger partial charge in [-0.05, 0) is 0 Å². The Bertz CT molecular complexity index is 62.9. The van der Waals surface area contributed by atoms with Crippen LogP contribution in [0.2, 0.25) is 0 Å². The monoisotopic (exact) mass is 256 g/mol. The van der Waals surface area contributed by atoms with E-state index in [9.17, 15) is 0 Å². The van der Waals surface area contributed by atoms with Gasteiger partial charge >= 0.3 is 160 Å². The van der Waals surface area contributed by atoms with E-state index >= 15 is 0 Å². The van der Waals surface area contributed by atoms with Crippen molar-refractivity contribution >= 4 is 13.5 Å². The van der Waals surface area contributed by atoms with Gasteiger partial charge in [0.15, 0.2) is 0 Å². The van der Waals surface area contributed by atoms with Crippen molar-refractivity contribution in [3.8, 4) is 0 Å². The van der Waals surface area contributed by atoms with Gasteiger partial charge in [-0.1, -0.05) is 0 Å². The van der Waals surface area contributed by atoms with Gasteiger partial charge in [0.25, 0.3) is 0 Å². The summed E-state index contributed by atoms with van der Waals surface area (Å²) >= 11 is 0. The molecule has 7 nitrogen and oxygen atoms in total. The van der Waals surface area contributed by atoms with Gasteiger partial charge in [-0.25, -0.2) is 4.79 Å². The molecule has 0 spiro atoms. The molecule has 0 bridgehead atoms. The third-order valence-electron chi connectivity index (χ3n) is 0. The zero-order valence-electron chi connectivity index (χ0n) is 7.09. The van der Waals surface area contributed by atoms with Gasteiger partial charge in [-0.3, -0.25) is 0 Å². The maximum absolute atomic E-state index is 8.56. The van der Waals surface area contributed by atoms with Crippen molar-refractivity contribution in [1.29, 1.82) is 0 Å². The second kappa shape index (κ2) is 29.4. The van der Waals surface area contributed by atoms with Gasteiger partial charge in [0.05, 0.1) is 7.32 Å². The summed E-state index contributed by atoms with van der Waals surface area (Å²) in [6.07, 6.45) is -1.83. The van der Waals surface area contributed by atoms with Crippen LogP contribution in [-0.4, -0.2) is 34.2 Å². The summed E-state index contributed by atoms with van der Waals surface area (Å²) in [6.45, 7) is 0. The predicted molar refractivity (Wildman–Crippen MR) is 20.6 cm³/mol. The minimum atomic E-state index is -2.67. The third kappa shape index (κ3) is 145. The Labute approximate surface area is 197 Å². The third-order valence-corrected chi connectivity index (χ3v) is 0. The molecule has 12 heavy (non-hydrogen) atoms. The predicted octanol–water partition coefficient (Wildman–Crippen LogP) is -12.3. The van der Waals surface area contributed by atoms with Crippen molar-refractivity contribution in [1.82, 2.24) is 0 Å². The van der Waals surface area contributed by atoms with Crippen molar-refractivity contribution in [3.05, 3.63) is 0 Å². The molecule has 0 amide bonds. The first-order chi connectivity index (χ1) is 3.46. The second-order valence-corrected chi connectivity index (χ2v) is 0.590. The van der Waals surface area contributed by atoms with Gasteiger partial charge in [0, 0.05) is 0 Å². The van der Waals surface area contributed by atoms with Crippen LogP contribution < -0.4 is 164 Å². The molecule has 0 radical (unpaired) electrons. The van der Waals surface area contributed by atoms with Crippen LogP contribution in [0.4, 0.5) is 4.79 Å². The molecule has 56 valence electrons. The molecule has 0 aliphatic carbocycles. The normalized spacial score (nSPS) is 4.25. The summed E-state index contributed by atoms with van der Waals surface area (Å²) in [6, 6.07) is 0. The van der Waals surface area contributed by atoms with Crippen molar-refractivity contribution in [2.45, 2.75) is 0 Å². The van der Waals surface area contributed by atoms with Gasteiger partial charge < -0.3 is 30.8 Å². The number of rotatable bonds is 0. The first-order valence-corrected chi connectivity index (χ1v) is 1.38. The van der Waals surface area contributed by atoms with Gasteiger partial charge in [0.2, 0.25) is 0 Å². The van der Waals surface area contributed by atoms with Crippen LogP contribution in [0.3, 0.4) is 0 Å². The second-order valence-electron chi connectivity index (χ2n) is 0.590. The van der Waals surface area contributed by atoms with E-state index in [1.807, 2.05) is 0 Å². The molecule has 0 saturated carbocycles. The molecule has 11 heteroatoms. The number of hydrogen-bond donors (Lipinski definition) is 3. The maximum atomic E-state index is 8.56. The summed E-state index contributed by atoms with van der Waals surface area (Å²) < 4.78 is 0. The molecule has 0 aliphatic heterocycles. The fourth-order valence-corrected chi connectivity index (χ4v) is 0. The van der Waals surface area contributed by atoms with E-state index in [4.69, 9.17) is 30.1 Å². The van der Waals surface area contributed by atoms with Crippen LogP contribution in [0, 0.1) is 0 Å². The zero-order valence-corrected chi connectivity index (χ0v) is 16.5. The van der Waals surface area contributed by atoms with Crippen LogP contribution >= 0.6 is 0 Å². The number of hydrogen-bond acceptors (Lipinski definition) is 5. The Hall–Kier alpha value is 4.08. The smallest absolute Gasteiger partial charge is 0.871 e. The molecular weight excluding hydrogens is 252 g/mol. The van der Waals surface area contributed by atoms with Gasteiger partial charge in [-0.2, -0.15) is 0 Å². The van der Waals surface area contributed by atoms with E-state index in [-0.39, 0.29) is 160 Å². The van der Waals surface area contributed by atoms with Gasteiger partial charge in [0.1, 0.15) is 0 Å². The molecule has 0 rings (SSSR count). The van der Waals surface area contributed by atoms with Crippen LogP contribution in [0.1, 0.15) is 0 Å². The van der Waals surface area contributed by atoms with Crippen LogP contribution in [0.25, 0.3) is 0 Å². The van der Waals surface area contributed by atoms with E-state index in [2.05, 4.69) is 0 Å². The average molecular weight is 256 g/mol. The summed E-state index contributed by atoms with van der Waals surface area (Å²) in [5.41, 5.74) is 0. The van der Waals surface area contributed by atoms with Gasteiger partial charge in [-0.15, -0.1) is 0 Å². The van der Waals surface area contributed by atoms with E-state index < -0.39 is 13.5 Å². The van der Waals surface area contributed by atoms with Crippen molar-refractivity contribution in [3.63, 3.8) is 0 Å². The maximum Gasteiger partial charge on any atom is 1.00 e. The van der Waals surface area contributed by atoms with Crippen LogP contribution in [0.5, 0.6) is 0 Å². The SMILES string of the molecule is O=C(O)O.[K+].[K+].[K+].[O-]B([O-])O.[OH-]. The van der Waals surface area contributed by atoms with Crippen molar-refractivity contribution < 1.29 is 190 Å². The van der Waals surface area contributed by atoms with E-state index in [0.29, 0.717) is 0 Å². The Balaban J connectivity index is -0.0000000112. The molecular formula is CH4BK3O7. The Morgan fingerprint density at radius 1 is 1.08 bits per heavy atom. The van der Waals surface area contributed by atoms with E-state index in [1.165, 1.54) is 0 Å². The molecule has 0 aliphatic rings. The fourth-order valence-electron chi connectivity index (χ4n) is 0. The average Bonchev–Trinajstić information content (AvgIpc) is 1.25. The van der Waals surface area contributed by atoms with Crippen LogP contribution in [-0.2, 0) is 0 Å². The Morgan fingerprint density at radius 2 is 1.08 bits per heavy atom. The molecule has 0 unspecified atom stereocenters.